The summed E-state index contributed by atoms with van der Waals surface area (Å²) in [7, 11) is 0. The minimum atomic E-state index is -0.504. The van der Waals surface area contributed by atoms with Gasteiger partial charge < -0.3 is 10.6 Å². The van der Waals surface area contributed by atoms with Crippen molar-refractivity contribution in [3.63, 3.8) is 0 Å². The molecule has 4 nitrogen and oxygen atoms in total. The van der Waals surface area contributed by atoms with E-state index < -0.39 is 6.04 Å². The zero-order valence-corrected chi connectivity index (χ0v) is 16.6. The molecule has 1 atom stereocenters. The summed E-state index contributed by atoms with van der Waals surface area (Å²) in [5, 5.41) is 6.16. The van der Waals surface area contributed by atoms with Crippen molar-refractivity contribution in [3.8, 4) is 0 Å². The van der Waals surface area contributed by atoms with Gasteiger partial charge in [0.25, 0.3) is 0 Å². The molecule has 1 aliphatic rings. The Morgan fingerprint density at radius 3 is 2.15 bits per heavy atom. The summed E-state index contributed by atoms with van der Waals surface area (Å²) in [6, 6.07) is 14.0. The van der Waals surface area contributed by atoms with Gasteiger partial charge in [-0.15, -0.1) is 0 Å². The third-order valence-corrected chi connectivity index (χ3v) is 4.98. The Balaban J connectivity index is 2.01. The summed E-state index contributed by atoms with van der Waals surface area (Å²) in [6.07, 6.45) is 0. The molecule has 0 radical (unpaired) electrons. The van der Waals surface area contributed by atoms with Crippen LogP contribution in [-0.4, -0.2) is 11.8 Å². The van der Waals surface area contributed by atoms with Crippen molar-refractivity contribution in [2.24, 2.45) is 0 Å². The molecule has 3 rings (SSSR count). The van der Waals surface area contributed by atoms with Gasteiger partial charge in [-0.1, -0.05) is 56.6 Å². The smallest absolute Gasteiger partial charge is 0.319 e. The van der Waals surface area contributed by atoms with Gasteiger partial charge in [0.05, 0.1) is 6.04 Å². The van der Waals surface area contributed by atoms with E-state index >= 15 is 0 Å². The first-order valence-corrected chi connectivity index (χ1v) is 9.23. The summed E-state index contributed by atoms with van der Waals surface area (Å²) in [4.78, 5) is 25.2. The number of amides is 2. The largest absolute Gasteiger partial charge is 0.327 e. The van der Waals surface area contributed by atoms with E-state index in [9.17, 15) is 9.59 Å². The van der Waals surface area contributed by atoms with Crippen LogP contribution in [0.4, 0.5) is 4.79 Å². The normalized spacial score (nSPS) is 17.4. The predicted octanol–water partition coefficient (Wildman–Crippen LogP) is 5.15. The van der Waals surface area contributed by atoms with E-state index in [4.69, 9.17) is 11.6 Å². The van der Waals surface area contributed by atoms with Gasteiger partial charge in [0.1, 0.15) is 0 Å². The van der Waals surface area contributed by atoms with Crippen LogP contribution in [-0.2, 0) is 5.41 Å². The minimum Gasteiger partial charge on any atom is -0.327 e. The Morgan fingerprint density at radius 2 is 1.59 bits per heavy atom. The van der Waals surface area contributed by atoms with Crippen LogP contribution in [0.25, 0.3) is 0 Å². The van der Waals surface area contributed by atoms with Crippen LogP contribution in [0.15, 0.2) is 59.8 Å². The summed E-state index contributed by atoms with van der Waals surface area (Å²) >= 11 is 5.93. The topological polar surface area (TPSA) is 58.2 Å². The highest BCUT2D eigenvalue weighted by Crippen LogP contribution is 2.31. The number of hydrogen-bond donors (Lipinski definition) is 2. The summed E-state index contributed by atoms with van der Waals surface area (Å²) < 4.78 is 0. The molecule has 0 fully saturated rings. The molecule has 0 spiro atoms. The maximum Gasteiger partial charge on any atom is 0.319 e. The molecule has 0 aliphatic carbocycles. The number of carbonyl (C=O) groups is 2. The van der Waals surface area contributed by atoms with Crippen LogP contribution in [0.2, 0.25) is 5.02 Å². The van der Waals surface area contributed by atoms with E-state index in [2.05, 4.69) is 31.4 Å². The van der Waals surface area contributed by atoms with Crippen LogP contribution in [0.5, 0.6) is 0 Å². The molecule has 2 amide bonds. The van der Waals surface area contributed by atoms with Gasteiger partial charge in [-0.05, 0) is 47.7 Å². The monoisotopic (exact) mass is 382 g/mol. The molecule has 2 aromatic rings. The SMILES string of the molecule is CC1=C(C(=O)c2ccc(Cl)cc2)[C@H](c2ccc(C(C)(C)C)cc2)NC(=O)N1. The van der Waals surface area contributed by atoms with E-state index in [0.29, 0.717) is 21.9 Å². The average molecular weight is 383 g/mol. The van der Waals surface area contributed by atoms with Crippen molar-refractivity contribution in [3.05, 3.63) is 81.5 Å². The number of hydrogen-bond acceptors (Lipinski definition) is 2. The maximum atomic E-state index is 13.1. The van der Waals surface area contributed by atoms with Gasteiger partial charge in [0.2, 0.25) is 0 Å². The molecule has 0 unspecified atom stereocenters. The lowest BCUT2D eigenvalue weighted by molar-refractivity contribution is 0.102. The highest BCUT2D eigenvalue weighted by Gasteiger charge is 2.31. The quantitative estimate of drug-likeness (QED) is 0.721. The second-order valence-electron chi connectivity index (χ2n) is 7.78. The Bertz CT molecular complexity index is 907. The van der Waals surface area contributed by atoms with Crippen molar-refractivity contribution in [1.82, 2.24) is 10.6 Å². The van der Waals surface area contributed by atoms with Crippen LogP contribution in [0.3, 0.4) is 0 Å². The molecular formula is C22H23ClN2O2. The first-order valence-electron chi connectivity index (χ1n) is 8.86. The zero-order valence-electron chi connectivity index (χ0n) is 15.9. The third-order valence-electron chi connectivity index (χ3n) is 4.73. The maximum absolute atomic E-state index is 13.1. The molecule has 5 heteroatoms. The van der Waals surface area contributed by atoms with Crippen LogP contribution < -0.4 is 10.6 Å². The molecule has 140 valence electrons. The Hall–Kier alpha value is -2.59. The van der Waals surface area contributed by atoms with Gasteiger partial charge in [-0.25, -0.2) is 4.79 Å². The number of ketones is 1. The Labute approximate surface area is 164 Å². The molecule has 0 saturated heterocycles. The van der Waals surface area contributed by atoms with Crippen molar-refractivity contribution in [1.29, 1.82) is 0 Å². The van der Waals surface area contributed by atoms with Gasteiger partial charge in [0.15, 0.2) is 5.78 Å². The molecule has 0 aromatic heterocycles. The highest BCUT2D eigenvalue weighted by molar-refractivity contribution is 6.30. The number of allylic oxidation sites excluding steroid dienone is 1. The lowest BCUT2D eigenvalue weighted by Crippen LogP contribution is -2.45. The Kier molecular flexibility index (Phi) is 5.11. The zero-order chi connectivity index (χ0) is 19.8. The molecule has 27 heavy (non-hydrogen) atoms. The molecular weight excluding hydrogens is 360 g/mol. The standard InChI is InChI=1S/C22H23ClN2O2/c1-13-18(20(26)15-7-11-17(23)12-8-15)19(25-21(27)24-13)14-5-9-16(10-6-14)22(2,3)4/h5-12,19H,1-4H3,(H2,24,25,27)/t19-/m0/s1. The lowest BCUT2D eigenvalue weighted by Gasteiger charge is -2.29. The fourth-order valence-corrected chi connectivity index (χ4v) is 3.30. The van der Waals surface area contributed by atoms with Crippen LogP contribution in [0, 0.1) is 0 Å². The summed E-state index contributed by atoms with van der Waals surface area (Å²) in [5.41, 5.74) is 3.71. The first kappa shape index (κ1) is 19.2. The first-order chi connectivity index (χ1) is 12.7. The molecule has 2 N–H and O–H groups in total. The van der Waals surface area contributed by atoms with Crippen molar-refractivity contribution < 1.29 is 9.59 Å². The number of halogens is 1. The van der Waals surface area contributed by atoms with Crippen LogP contribution >= 0.6 is 11.6 Å². The number of rotatable bonds is 3. The molecule has 1 aliphatic heterocycles. The number of Topliss-reactive ketones (excluding diaryl/α,β-unsaturated/α-hetero) is 1. The van der Waals surface area contributed by atoms with Gasteiger partial charge >= 0.3 is 6.03 Å². The van der Waals surface area contributed by atoms with E-state index in [1.807, 2.05) is 24.3 Å². The molecule has 0 bridgehead atoms. The number of urea groups is 1. The van der Waals surface area contributed by atoms with E-state index in [1.165, 1.54) is 5.56 Å². The van der Waals surface area contributed by atoms with Crippen molar-refractivity contribution in [2.75, 3.05) is 0 Å². The van der Waals surface area contributed by atoms with Crippen molar-refractivity contribution >= 4 is 23.4 Å². The second kappa shape index (κ2) is 7.20. The van der Waals surface area contributed by atoms with E-state index in [-0.39, 0.29) is 17.2 Å². The minimum absolute atomic E-state index is 0.0314. The van der Waals surface area contributed by atoms with Gasteiger partial charge in [-0.3, -0.25) is 4.79 Å². The van der Waals surface area contributed by atoms with Gasteiger partial charge in [0, 0.05) is 21.9 Å². The van der Waals surface area contributed by atoms with Crippen LogP contribution in [0.1, 0.15) is 55.2 Å². The number of carbonyl (C=O) groups excluding carboxylic acids is 2. The molecule has 1 heterocycles. The number of benzene rings is 2. The lowest BCUT2D eigenvalue weighted by atomic mass is 9.84. The predicted molar refractivity (Wildman–Crippen MR) is 108 cm³/mol. The molecule has 2 aromatic carbocycles. The van der Waals surface area contributed by atoms with Gasteiger partial charge in [-0.2, -0.15) is 0 Å². The van der Waals surface area contributed by atoms with E-state index in [0.717, 1.165) is 5.56 Å². The highest BCUT2D eigenvalue weighted by atomic mass is 35.5. The average Bonchev–Trinajstić information content (AvgIpc) is 2.60. The Morgan fingerprint density at radius 1 is 1.00 bits per heavy atom. The second-order valence-corrected chi connectivity index (χ2v) is 8.21. The summed E-state index contributed by atoms with van der Waals surface area (Å²) in [5.74, 6) is -0.137. The molecule has 0 saturated carbocycles. The third kappa shape index (κ3) is 4.06. The fourth-order valence-electron chi connectivity index (χ4n) is 3.18. The summed E-state index contributed by atoms with van der Waals surface area (Å²) in [6.45, 7) is 8.19. The number of nitrogens with one attached hydrogen (secondary N) is 2. The van der Waals surface area contributed by atoms with E-state index in [1.54, 1.807) is 31.2 Å². The fraction of sp³-hybridized carbons (Fsp3) is 0.273. The van der Waals surface area contributed by atoms with Crippen molar-refractivity contribution in [2.45, 2.75) is 39.2 Å².